The van der Waals surface area contributed by atoms with Crippen molar-refractivity contribution in [1.82, 2.24) is 0 Å². The molecule has 0 radical (unpaired) electrons. The molecule has 5 heteroatoms. The van der Waals surface area contributed by atoms with Crippen LogP contribution < -0.4 is 10.1 Å². The lowest BCUT2D eigenvalue weighted by Gasteiger charge is -2.14. The molecule has 0 heterocycles. The van der Waals surface area contributed by atoms with Crippen LogP contribution in [0.5, 0.6) is 5.75 Å². The molecule has 0 aromatic heterocycles. The fourth-order valence-electron chi connectivity index (χ4n) is 2.62. The van der Waals surface area contributed by atoms with Gasteiger partial charge in [0.25, 0.3) is 0 Å². The maximum atomic E-state index is 13.7. The molecule has 0 saturated heterocycles. The second-order valence-electron chi connectivity index (χ2n) is 5.81. The highest BCUT2D eigenvalue weighted by Gasteiger charge is 2.17. The summed E-state index contributed by atoms with van der Waals surface area (Å²) in [6, 6.07) is 14.3. The molecule has 0 bridgehead atoms. The standard InChI is InChI=1S/C20H17F2NO2/c1-12(20(24)23-19-11-16(21)6-8-18(19)22)13-3-4-15-10-17(25-2)7-5-14(15)9-13/h3-12H,1-2H3,(H,23,24). The van der Waals surface area contributed by atoms with Gasteiger partial charge in [0.2, 0.25) is 5.91 Å². The van der Waals surface area contributed by atoms with Crippen LogP contribution in [-0.4, -0.2) is 13.0 Å². The predicted molar refractivity (Wildman–Crippen MR) is 93.9 cm³/mol. The average molecular weight is 341 g/mol. The van der Waals surface area contributed by atoms with Crippen LogP contribution in [0.25, 0.3) is 10.8 Å². The van der Waals surface area contributed by atoms with Crippen LogP contribution in [-0.2, 0) is 4.79 Å². The Balaban J connectivity index is 1.84. The summed E-state index contributed by atoms with van der Waals surface area (Å²) in [6.45, 7) is 1.72. The minimum atomic E-state index is -0.674. The molecule has 3 aromatic carbocycles. The number of halogens is 2. The molecule has 3 rings (SSSR count). The molecular formula is C20H17F2NO2. The maximum Gasteiger partial charge on any atom is 0.231 e. The van der Waals surface area contributed by atoms with Gasteiger partial charge in [-0.3, -0.25) is 4.79 Å². The SMILES string of the molecule is COc1ccc2cc(C(C)C(=O)Nc3cc(F)ccc3F)ccc2c1. The number of ether oxygens (including phenoxy) is 1. The van der Waals surface area contributed by atoms with Crippen molar-refractivity contribution in [3.63, 3.8) is 0 Å². The van der Waals surface area contributed by atoms with Crippen LogP contribution in [0.1, 0.15) is 18.4 Å². The van der Waals surface area contributed by atoms with Crippen molar-refractivity contribution in [1.29, 1.82) is 0 Å². The minimum Gasteiger partial charge on any atom is -0.497 e. The number of amides is 1. The van der Waals surface area contributed by atoms with Crippen LogP contribution in [0.15, 0.2) is 54.6 Å². The molecule has 1 N–H and O–H groups in total. The van der Waals surface area contributed by atoms with Crippen molar-refractivity contribution in [2.24, 2.45) is 0 Å². The van der Waals surface area contributed by atoms with E-state index < -0.39 is 23.5 Å². The van der Waals surface area contributed by atoms with Crippen LogP contribution in [0, 0.1) is 11.6 Å². The van der Waals surface area contributed by atoms with Crippen molar-refractivity contribution in [3.8, 4) is 5.75 Å². The van der Waals surface area contributed by atoms with Gasteiger partial charge >= 0.3 is 0 Å². The van der Waals surface area contributed by atoms with Gasteiger partial charge in [0.05, 0.1) is 18.7 Å². The summed E-state index contributed by atoms with van der Waals surface area (Å²) < 4.78 is 32.1. The number of rotatable bonds is 4. The van der Waals surface area contributed by atoms with E-state index >= 15 is 0 Å². The van der Waals surface area contributed by atoms with Gasteiger partial charge in [-0.15, -0.1) is 0 Å². The first kappa shape index (κ1) is 16.9. The number of anilines is 1. The van der Waals surface area contributed by atoms with E-state index in [0.717, 1.165) is 40.3 Å². The Hall–Kier alpha value is -2.95. The lowest BCUT2D eigenvalue weighted by atomic mass is 9.97. The fourth-order valence-corrected chi connectivity index (χ4v) is 2.62. The number of methoxy groups -OCH3 is 1. The third-order valence-electron chi connectivity index (χ3n) is 4.15. The number of carbonyl (C=O) groups is 1. The zero-order chi connectivity index (χ0) is 18.0. The van der Waals surface area contributed by atoms with Gasteiger partial charge in [-0.25, -0.2) is 8.78 Å². The lowest BCUT2D eigenvalue weighted by molar-refractivity contribution is -0.117. The van der Waals surface area contributed by atoms with Crippen LogP contribution in [0.2, 0.25) is 0 Å². The van der Waals surface area contributed by atoms with E-state index in [1.165, 1.54) is 0 Å². The maximum absolute atomic E-state index is 13.7. The molecule has 0 aliphatic rings. The molecule has 1 amide bonds. The van der Waals surface area contributed by atoms with Crippen molar-refractivity contribution < 1.29 is 18.3 Å². The van der Waals surface area contributed by atoms with Crippen molar-refractivity contribution in [3.05, 3.63) is 71.8 Å². The first-order valence-corrected chi connectivity index (χ1v) is 7.81. The number of carbonyl (C=O) groups excluding carboxylic acids is 1. The molecule has 0 fully saturated rings. The molecule has 0 spiro atoms. The summed E-state index contributed by atoms with van der Waals surface area (Å²) in [6.07, 6.45) is 0. The Morgan fingerprint density at radius 3 is 2.48 bits per heavy atom. The molecule has 3 aromatic rings. The van der Waals surface area contributed by atoms with Crippen molar-refractivity contribution in [2.75, 3.05) is 12.4 Å². The van der Waals surface area contributed by atoms with Gasteiger partial charge in [0.15, 0.2) is 0 Å². The Morgan fingerprint density at radius 2 is 1.72 bits per heavy atom. The third-order valence-corrected chi connectivity index (χ3v) is 4.15. The van der Waals surface area contributed by atoms with Gasteiger partial charge in [-0.2, -0.15) is 0 Å². The van der Waals surface area contributed by atoms with E-state index in [1.807, 2.05) is 36.4 Å². The quantitative estimate of drug-likeness (QED) is 0.735. The van der Waals surface area contributed by atoms with Gasteiger partial charge in [0.1, 0.15) is 17.4 Å². The smallest absolute Gasteiger partial charge is 0.231 e. The molecule has 25 heavy (non-hydrogen) atoms. The van der Waals surface area contributed by atoms with E-state index in [9.17, 15) is 13.6 Å². The fraction of sp³-hybridized carbons (Fsp3) is 0.150. The average Bonchev–Trinajstić information content (AvgIpc) is 2.63. The zero-order valence-electron chi connectivity index (χ0n) is 13.8. The lowest BCUT2D eigenvalue weighted by Crippen LogP contribution is -2.19. The summed E-state index contributed by atoms with van der Waals surface area (Å²) in [5.74, 6) is -1.45. The first-order valence-electron chi connectivity index (χ1n) is 7.81. The summed E-state index contributed by atoms with van der Waals surface area (Å²) >= 11 is 0. The minimum absolute atomic E-state index is 0.164. The summed E-state index contributed by atoms with van der Waals surface area (Å²) in [5.41, 5.74) is 0.620. The van der Waals surface area contributed by atoms with E-state index in [2.05, 4.69) is 5.32 Å². The van der Waals surface area contributed by atoms with Crippen LogP contribution in [0.4, 0.5) is 14.5 Å². The Bertz CT molecular complexity index is 940. The molecule has 1 atom stereocenters. The second-order valence-corrected chi connectivity index (χ2v) is 5.81. The number of benzene rings is 3. The van der Waals surface area contributed by atoms with Crippen LogP contribution in [0.3, 0.4) is 0 Å². The molecule has 128 valence electrons. The third kappa shape index (κ3) is 3.60. The molecule has 0 aliphatic heterocycles. The Labute approximate surface area is 144 Å². The van der Waals surface area contributed by atoms with Gasteiger partial charge < -0.3 is 10.1 Å². The number of fused-ring (bicyclic) bond motifs is 1. The normalized spacial score (nSPS) is 12.0. The molecule has 0 saturated carbocycles. The largest absolute Gasteiger partial charge is 0.497 e. The number of nitrogens with one attached hydrogen (secondary N) is 1. The zero-order valence-corrected chi connectivity index (χ0v) is 13.8. The number of hydrogen-bond donors (Lipinski definition) is 1. The van der Waals surface area contributed by atoms with Gasteiger partial charge in [-0.1, -0.05) is 24.3 Å². The van der Waals surface area contributed by atoms with E-state index in [1.54, 1.807) is 14.0 Å². The molecule has 3 nitrogen and oxygen atoms in total. The van der Waals surface area contributed by atoms with Gasteiger partial charge in [-0.05, 0) is 47.5 Å². The van der Waals surface area contributed by atoms with Crippen LogP contribution >= 0.6 is 0 Å². The monoisotopic (exact) mass is 341 g/mol. The van der Waals surface area contributed by atoms with Crippen molar-refractivity contribution >= 4 is 22.4 Å². The predicted octanol–water partition coefficient (Wildman–Crippen LogP) is 4.87. The Morgan fingerprint density at radius 1 is 1.00 bits per heavy atom. The topological polar surface area (TPSA) is 38.3 Å². The molecular weight excluding hydrogens is 324 g/mol. The molecule has 1 unspecified atom stereocenters. The highest BCUT2D eigenvalue weighted by molar-refractivity contribution is 5.96. The summed E-state index contributed by atoms with van der Waals surface area (Å²) in [5, 5.41) is 4.40. The Kier molecular flexibility index (Phi) is 4.65. The highest BCUT2D eigenvalue weighted by Crippen LogP contribution is 2.26. The van der Waals surface area contributed by atoms with E-state index in [0.29, 0.717) is 0 Å². The summed E-state index contributed by atoms with van der Waals surface area (Å²) in [7, 11) is 1.60. The number of hydrogen-bond acceptors (Lipinski definition) is 2. The first-order chi connectivity index (χ1) is 12.0. The van der Waals surface area contributed by atoms with E-state index in [-0.39, 0.29) is 5.69 Å². The van der Waals surface area contributed by atoms with E-state index in [4.69, 9.17) is 4.74 Å². The highest BCUT2D eigenvalue weighted by atomic mass is 19.1. The summed E-state index contributed by atoms with van der Waals surface area (Å²) in [4.78, 5) is 12.4. The van der Waals surface area contributed by atoms with Gasteiger partial charge in [0, 0.05) is 6.07 Å². The van der Waals surface area contributed by atoms with Crippen molar-refractivity contribution in [2.45, 2.75) is 12.8 Å². The molecule has 0 aliphatic carbocycles. The second kappa shape index (κ2) is 6.89.